The van der Waals surface area contributed by atoms with Gasteiger partial charge in [-0.2, -0.15) is 10.2 Å². The number of nitrogens with zero attached hydrogens (tertiary/aromatic N) is 6. The molecule has 4 rings (SSSR count). The quantitative estimate of drug-likeness (QED) is 0.568. The van der Waals surface area contributed by atoms with Crippen molar-refractivity contribution in [2.75, 3.05) is 17.2 Å². The zero-order valence-electron chi connectivity index (χ0n) is 14.0. The molecule has 0 unspecified atom stereocenters. The lowest BCUT2D eigenvalue weighted by Gasteiger charge is -2.07. The average Bonchev–Trinajstić information content (AvgIpc) is 3.27. The molecule has 0 aliphatic heterocycles. The molecule has 4 aromatic rings. The number of benzene rings is 1. The van der Waals surface area contributed by atoms with E-state index in [4.69, 9.17) is 0 Å². The molecule has 2 N–H and O–H groups in total. The van der Waals surface area contributed by atoms with Crippen molar-refractivity contribution >= 4 is 28.6 Å². The second kappa shape index (κ2) is 6.63. The van der Waals surface area contributed by atoms with Crippen LogP contribution in [0.4, 0.5) is 11.6 Å². The molecule has 3 aromatic heterocycles. The fourth-order valence-corrected chi connectivity index (χ4v) is 2.58. The summed E-state index contributed by atoms with van der Waals surface area (Å²) in [7, 11) is 1.79. The Kier molecular flexibility index (Phi) is 4.02. The van der Waals surface area contributed by atoms with Gasteiger partial charge in [0, 0.05) is 19.3 Å². The Morgan fingerprint density at radius 2 is 2.00 bits per heavy atom. The van der Waals surface area contributed by atoms with E-state index in [9.17, 15) is 4.79 Å². The smallest absolute Gasteiger partial charge is 0.244 e. The lowest BCUT2D eigenvalue weighted by Crippen LogP contribution is -2.22. The van der Waals surface area contributed by atoms with Crippen LogP contribution in [0.15, 0.2) is 55.1 Å². The first-order chi connectivity index (χ1) is 12.7. The number of carbonyl (C=O) groups is 1. The van der Waals surface area contributed by atoms with Crippen LogP contribution in [-0.4, -0.2) is 42.0 Å². The van der Waals surface area contributed by atoms with Gasteiger partial charge in [0.1, 0.15) is 12.1 Å². The highest BCUT2D eigenvalue weighted by Crippen LogP contribution is 2.21. The highest BCUT2D eigenvalue weighted by molar-refractivity contribution is 5.94. The fraction of sp³-hybridized carbons (Fsp3) is 0.118. The number of rotatable bonds is 5. The third-order valence-electron chi connectivity index (χ3n) is 3.76. The van der Waals surface area contributed by atoms with E-state index >= 15 is 0 Å². The van der Waals surface area contributed by atoms with E-state index in [1.54, 1.807) is 34.9 Å². The maximum Gasteiger partial charge on any atom is 0.244 e. The number of hydrogen-bond donors (Lipinski definition) is 2. The van der Waals surface area contributed by atoms with Crippen molar-refractivity contribution < 1.29 is 4.79 Å². The Morgan fingerprint density at radius 1 is 1.15 bits per heavy atom. The van der Waals surface area contributed by atoms with Gasteiger partial charge < -0.3 is 10.6 Å². The van der Waals surface area contributed by atoms with Crippen molar-refractivity contribution in [1.29, 1.82) is 0 Å². The monoisotopic (exact) mass is 348 g/mol. The number of nitrogens with one attached hydrogen (secondary N) is 2. The molecule has 0 spiro atoms. The van der Waals surface area contributed by atoms with Gasteiger partial charge in [-0.3, -0.25) is 9.48 Å². The largest absolute Gasteiger partial charge is 0.360 e. The normalized spacial score (nSPS) is 10.8. The summed E-state index contributed by atoms with van der Waals surface area (Å²) in [5, 5.41) is 15.0. The molecule has 9 nitrogen and oxygen atoms in total. The molecule has 0 aliphatic rings. The van der Waals surface area contributed by atoms with Gasteiger partial charge in [0.2, 0.25) is 5.91 Å². The van der Waals surface area contributed by atoms with E-state index in [2.05, 4.69) is 30.8 Å². The highest BCUT2D eigenvalue weighted by Gasteiger charge is 2.12. The van der Waals surface area contributed by atoms with Crippen molar-refractivity contribution in [2.24, 2.45) is 7.05 Å². The van der Waals surface area contributed by atoms with Crippen LogP contribution in [-0.2, 0) is 11.8 Å². The Labute approximate surface area is 148 Å². The van der Waals surface area contributed by atoms with E-state index in [0.717, 1.165) is 11.1 Å². The Hall–Kier alpha value is -3.75. The first kappa shape index (κ1) is 15.8. The van der Waals surface area contributed by atoms with Gasteiger partial charge in [-0.15, -0.1) is 0 Å². The molecule has 0 atom stereocenters. The molecule has 0 bridgehead atoms. The van der Waals surface area contributed by atoms with E-state index in [-0.39, 0.29) is 12.5 Å². The third kappa shape index (κ3) is 3.09. The first-order valence-corrected chi connectivity index (χ1v) is 7.98. The molecule has 0 aliphatic carbocycles. The predicted molar refractivity (Wildman–Crippen MR) is 97.0 cm³/mol. The van der Waals surface area contributed by atoms with Crippen LogP contribution in [0.3, 0.4) is 0 Å². The number of aryl methyl sites for hydroxylation is 1. The summed E-state index contributed by atoms with van der Waals surface area (Å²) in [6, 6.07) is 11.4. The Balaban J connectivity index is 1.52. The predicted octanol–water partition coefficient (Wildman–Crippen LogP) is 1.60. The van der Waals surface area contributed by atoms with Gasteiger partial charge in [-0.25, -0.2) is 14.6 Å². The lowest BCUT2D eigenvalue weighted by atomic mass is 10.3. The van der Waals surface area contributed by atoms with E-state index in [0.29, 0.717) is 17.3 Å². The molecular formula is C17H16N8O. The zero-order chi connectivity index (χ0) is 17.9. The molecule has 3 heterocycles. The van der Waals surface area contributed by atoms with Gasteiger partial charge in [0.05, 0.1) is 23.8 Å². The summed E-state index contributed by atoms with van der Waals surface area (Å²) in [6.45, 7) is 0.0548. The number of amides is 1. The molecule has 130 valence electrons. The number of fused-ring (bicyclic) bond motifs is 1. The summed E-state index contributed by atoms with van der Waals surface area (Å²) >= 11 is 0. The molecule has 0 radical (unpaired) electrons. The molecule has 1 amide bonds. The highest BCUT2D eigenvalue weighted by atomic mass is 16.2. The summed E-state index contributed by atoms with van der Waals surface area (Å²) in [5.41, 5.74) is 1.57. The van der Waals surface area contributed by atoms with Crippen molar-refractivity contribution in [2.45, 2.75) is 0 Å². The molecule has 9 heteroatoms. The Bertz CT molecular complexity index is 1050. The van der Waals surface area contributed by atoms with Gasteiger partial charge in [-0.05, 0) is 12.1 Å². The molecule has 0 saturated heterocycles. The molecular weight excluding hydrogens is 332 g/mol. The maximum absolute atomic E-state index is 12.1. The summed E-state index contributed by atoms with van der Waals surface area (Å²) in [5.74, 6) is 0.836. The van der Waals surface area contributed by atoms with E-state index < -0.39 is 0 Å². The second-order valence-electron chi connectivity index (χ2n) is 5.63. The van der Waals surface area contributed by atoms with Crippen molar-refractivity contribution in [3.8, 4) is 5.69 Å². The zero-order valence-corrected chi connectivity index (χ0v) is 14.0. The van der Waals surface area contributed by atoms with Gasteiger partial charge in [-0.1, -0.05) is 18.2 Å². The minimum atomic E-state index is -0.217. The van der Waals surface area contributed by atoms with Crippen LogP contribution in [0.2, 0.25) is 0 Å². The summed E-state index contributed by atoms with van der Waals surface area (Å²) in [6.07, 6.45) is 4.89. The average molecular weight is 348 g/mol. The fourth-order valence-electron chi connectivity index (χ4n) is 2.58. The second-order valence-corrected chi connectivity index (χ2v) is 5.63. The molecule has 1 aromatic carbocycles. The standard InChI is InChI=1S/C17H16N8O/c1-24-8-7-14(23-24)22-15(26)10-18-16-13-9-21-25(17(13)20-11-19-16)12-5-3-2-4-6-12/h2-9,11H,10H2,1H3,(H,18,19,20)(H,22,23,26). The van der Waals surface area contributed by atoms with Crippen molar-refractivity contribution in [3.63, 3.8) is 0 Å². The molecule has 0 saturated carbocycles. The minimum absolute atomic E-state index is 0.0548. The third-order valence-corrected chi connectivity index (χ3v) is 3.76. The number of para-hydroxylation sites is 1. The number of anilines is 2. The number of carbonyl (C=O) groups excluding carboxylic acids is 1. The minimum Gasteiger partial charge on any atom is -0.360 e. The number of aromatic nitrogens is 6. The van der Waals surface area contributed by atoms with E-state index in [1.807, 2.05) is 30.3 Å². The SMILES string of the molecule is Cn1ccc(NC(=O)CNc2ncnc3c2cnn3-c2ccccc2)n1. The molecule has 26 heavy (non-hydrogen) atoms. The molecule has 0 fully saturated rings. The van der Waals surface area contributed by atoms with Crippen LogP contribution in [0, 0.1) is 0 Å². The summed E-state index contributed by atoms with van der Waals surface area (Å²) in [4.78, 5) is 20.6. The van der Waals surface area contributed by atoms with Gasteiger partial charge >= 0.3 is 0 Å². The van der Waals surface area contributed by atoms with Crippen LogP contribution in [0.25, 0.3) is 16.7 Å². The Morgan fingerprint density at radius 3 is 2.77 bits per heavy atom. The van der Waals surface area contributed by atoms with E-state index in [1.165, 1.54) is 6.33 Å². The first-order valence-electron chi connectivity index (χ1n) is 7.98. The lowest BCUT2D eigenvalue weighted by molar-refractivity contribution is -0.114. The van der Waals surface area contributed by atoms with Gasteiger partial charge in [0.25, 0.3) is 0 Å². The van der Waals surface area contributed by atoms with Crippen molar-refractivity contribution in [3.05, 3.63) is 55.1 Å². The summed E-state index contributed by atoms with van der Waals surface area (Å²) < 4.78 is 3.35. The topological polar surface area (TPSA) is 103 Å². The number of hydrogen-bond acceptors (Lipinski definition) is 6. The van der Waals surface area contributed by atoms with Crippen LogP contribution in [0.5, 0.6) is 0 Å². The van der Waals surface area contributed by atoms with Crippen LogP contribution >= 0.6 is 0 Å². The maximum atomic E-state index is 12.1. The van der Waals surface area contributed by atoms with Crippen molar-refractivity contribution in [1.82, 2.24) is 29.5 Å². The van der Waals surface area contributed by atoms with Crippen LogP contribution in [0.1, 0.15) is 0 Å². The van der Waals surface area contributed by atoms with Gasteiger partial charge in [0.15, 0.2) is 11.5 Å². The van der Waals surface area contributed by atoms with Crippen LogP contribution < -0.4 is 10.6 Å².